The minimum Gasteiger partial charge on any atom is -0.388 e. The summed E-state index contributed by atoms with van der Waals surface area (Å²) in [5.74, 6) is -2.71. The van der Waals surface area contributed by atoms with Crippen molar-refractivity contribution in [1.82, 2.24) is 10.6 Å². The van der Waals surface area contributed by atoms with Crippen molar-refractivity contribution in [2.24, 2.45) is 5.92 Å². The van der Waals surface area contributed by atoms with Crippen LogP contribution in [0, 0.1) is 11.7 Å². The SMILES string of the molecule is C=C(/C=C(/c1cccc(CCCC(C)(F)F)c1)N(C)c1cccc(CCCCC)c1F)NC(=C)[C@@H]1CNC(=C)C1. The van der Waals surface area contributed by atoms with Gasteiger partial charge >= 0.3 is 0 Å². The minimum absolute atomic E-state index is 0.166. The first kappa shape index (κ1) is 31.1. The Kier molecular flexibility index (Phi) is 11.1. The topological polar surface area (TPSA) is 27.3 Å². The molecule has 2 N–H and O–H groups in total. The molecule has 0 spiro atoms. The average Bonchev–Trinajstić information content (AvgIpc) is 3.34. The first-order chi connectivity index (χ1) is 19.0. The van der Waals surface area contributed by atoms with E-state index in [0.717, 1.165) is 67.4 Å². The summed E-state index contributed by atoms with van der Waals surface area (Å²) in [5.41, 5.74) is 6.17. The van der Waals surface area contributed by atoms with Gasteiger partial charge in [-0.15, -0.1) is 0 Å². The number of hydrogen-bond acceptors (Lipinski definition) is 3. The number of aryl methyl sites for hydroxylation is 2. The zero-order valence-corrected chi connectivity index (χ0v) is 24.3. The molecule has 1 heterocycles. The lowest BCUT2D eigenvalue weighted by Gasteiger charge is -2.26. The fraction of sp³-hybridized carbons (Fsp3) is 0.412. The first-order valence-electron chi connectivity index (χ1n) is 14.2. The fourth-order valence-corrected chi connectivity index (χ4v) is 5.04. The summed E-state index contributed by atoms with van der Waals surface area (Å²) in [4.78, 5) is 1.84. The van der Waals surface area contributed by atoms with Crippen LogP contribution in [0.3, 0.4) is 0 Å². The average molecular weight is 552 g/mol. The highest BCUT2D eigenvalue weighted by Gasteiger charge is 2.22. The maximum atomic E-state index is 15.8. The number of alkyl halides is 2. The molecule has 0 radical (unpaired) electrons. The van der Waals surface area contributed by atoms with Crippen LogP contribution < -0.4 is 15.5 Å². The van der Waals surface area contributed by atoms with E-state index in [2.05, 4.69) is 37.3 Å². The molecule has 0 saturated carbocycles. The second kappa shape index (κ2) is 14.3. The maximum Gasteiger partial charge on any atom is 0.245 e. The number of hydrogen-bond donors (Lipinski definition) is 2. The van der Waals surface area contributed by atoms with E-state index >= 15 is 4.39 Å². The lowest BCUT2D eigenvalue weighted by molar-refractivity contribution is 0.0111. The monoisotopic (exact) mass is 551 g/mol. The highest BCUT2D eigenvalue weighted by molar-refractivity contribution is 5.81. The van der Waals surface area contributed by atoms with Gasteiger partial charge in [0.05, 0.1) is 11.4 Å². The lowest BCUT2D eigenvalue weighted by Crippen LogP contribution is -2.22. The molecule has 1 saturated heterocycles. The number of benzene rings is 2. The molecule has 6 heteroatoms. The van der Waals surface area contributed by atoms with Crippen LogP contribution in [0.25, 0.3) is 5.70 Å². The van der Waals surface area contributed by atoms with Gasteiger partial charge in [-0.1, -0.05) is 69.8 Å². The van der Waals surface area contributed by atoms with Crippen molar-refractivity contribution in [2.45, 2.75) is 71.1 Å². The molecule has 3 rings (SSSR count). The Hall–Kier alpha value is -3.41. The van der Waals surface area contributed by atoms with Gasteiger partial charge in [-0.05, 0) is 73.9 Å². The molecular formula is C34H44F3N3. The molecule has 1 aliphatic heterocycles. The van der Waals surface area contributed by atoms with Crippen molar-refractivity contribution in [2.75, 3.05) is 18.5 Å². The molecule has 0 amide bonds. The van der Waals surface area contributed by atoms with Crippen LogP contribution >= 0.6 is 0 Å². The molecule has 0 aromatic heterocycles. The minimum atomic E-state index is -2.68. The van der Waals surface area contributed by atoms with Gasteiger partial charge in [-0.3, -0.25) is 0 Å². The van der Waals surface area contributed by atoms with Crippen LogP contribution in [0.1, 0.15) is 69.1 Å². The van der Waals surface area contributed by atoms with E-state index in [-0.39, 0.29) is 18.2 Å². The molecule has 1 fully saturated rings. The zero-order valence-electron chi connectivity index (χ0n) is 24.3. The molecule has 0 bridgehead atoms. The van der Waals surface area contributed by atoms with Crippen molar-refractivity contribution in [3.8, 4) is 0 Å². The Labute approximate surface area is 238 Å². The van der Waals surface area contributed by atoms with Gasteiger partial charge in [-0.2, -0.15) is 0 Å². The van der Waals surface area contributed by atoms with Crippen LogP contribution in [0.2, 0.25) is 0 Å². The fourth-order valence-electron chi connectivity index (χ4n) is 5.04. The van der Waals surface area contributed by atoms with Gasteiger partial charge < -0.3 is 15.5 Å². The quantitative estimate of drug-likeness (QED) is 0.171. The molecule has 2 aromatic rings. The smallest absolute Gasteiger partial charge is 0.245 e. The van der Waals surface area contributed by atoms with Crippen molar-refractivity contribution >= 4 is 11.4 Å². The number of allylic oxidation sites excluding steroid dienone is 2. The van der Waals surface area contributed by atoms with Crippen molar-refractivity contribution in [3.05, 3.63) is 108 Å². The normalized spacial score (nSPS) is 15.6. The number of rotatable bonds is 15. The van der Waals surface area contributed by atoms with Gasteiger partial charge in [0.15, 0.2) is 0 Å². The molecule has 2 aromatic carbocycles. The second-order valence-corrected chi connectivity index (χ2v) is 11.0. The summed E-state index contributed by atoms with van der Waals surface area (Å²) < 4.78 is 42.5. The summed E-state index contributed by atoms with van der Waals surface area (Å²) in [5, 5.41) is 6.58. The Balaban J connectivity index is 1.92. The van der Waals surface area contributed by atoms with Crippen LogP contribution in [0.4, 0.5) is 18.9 Å². The Morgan fingerprint density at radius 2 is 1.88 bits per heavy atom. The summed E-state index contributed by atoms with van der Waals surface area (Å²) in [6, 6.07) is 13.3. The third-order valence-corrected chi connectivity index (χ3v) is 7.35. The van der Waals surface area contributed by atoms with Gasteiger partial charge in [-0.25, -0.2) is 13.2 Å². The highest BCUT2D eigenvalue weighted by Crippen LogP contribution is 2.31. The van der Waals surface area contributed by atoms with Gasteiger partial charge in [0.25, 0.3) is 0 Å². The predicted octanol–water partition coefficient (Wildman–Crippen LogP) is 8.75. The maximum absolute atomic E-state index is 15.8. The number of nitrogens with zero attached hydrogens (tertiary/aromatic N) is 1. The van der Waals surface area contributed by atoms with Crippen LogP contribution in [-0.2, 0) is 12.8 Å². The van der Waals surface area contributed by atoms with Gasteiger partial charge in [0.1, 0.15) is 5.82 Å². The summed E-state index contributed by atoms with van der Waals surface area (Å²) in [6.07, 6.45) is 7.21. The molecule has 1 aliphatic rings. The van der Waals surface area contributed by atoms with Crippen LogP contribution in [0.5, 0.6) is 0 Å². The molecule has 40 heavy (non-hydrogen) atoms. The molecule has 0 unspecified atom stereocenters. The van der Waals surface area contributed by atoms with Crippen LogP contribution in [-0.4, -0.2) is 19.5 Å². The van der Waals surface area contributed by atoms with E-state index in [1.165, 1.54) is 0 Å². The molecule has 0 aliphatic carbocycles. The highest BCUT2D eigenvalue weighted by atomic mass is 19.3. The van der Waals surface area contributed by atoms with Crippen molar-refractivity contribution < 1.29 is 13.2 Å². The van der Waals surface area contributed by atoms with E-state index in [0.29, 0.717) is 36.2 Å². The van der Waals surface area contributed by atoms with Gasteiger partial charge in [0, 0.05) is 43.0 Å². The van der Waals surface area contributed by atoms with E-state index < -0.39 is 5.92 Å². The third kappa shape index (κ3) is 9.07. The van der Waals surface area contributed by atoms with E-state index in [4.69, 9.17) is 0 Å². The first-order valence-corrected chi connectivity index (χ1v) is 14.2. The predicted molar refractivity (Wildman–Crippen MR) is 163 cm³/mol. The number of unbranched alkanes of at least 4 members (excludes halogenated alkanes) is 2. The van der Waals surface area contributed by atoms with E-state index in [1.54, 1.807) is 6.07 Å². The molecular weight excluding hydrogens is 507 g/mol. The Morgan fingerprint density at radius 3 is 2.55 bits per heavy atom. The molecule has 216 valence electrons. The standard InChI is InChI=1S/C34H44F3N3/c1-7-8-9-15-28-16-11-18-31(33(28)35)40(6)32(21-25(3)39-26(4)30-20-24(2)38-23-30)29-17-10-13-27(22-29)14-12-19-34(5,36)37/h10-11,13,16-18,21-22,30,38-39H,2-4,7-9,12,14-15,19-20,23H2,1,5-6H3/b32-21-/t30-/m0/s1. The van der Waals surface area contributed by atoms with Gasteiger partial charge in [0.2, 0.25) is 5.92 Å². The molecule has 3 nitrogen and oxygen atoms in total. The lowest BCUT2D eigenvalue weighted by atomic mass is 10.0. The Bertz CT molecular complexity index is 1230. The number of halogens is 3. The van der Waals surface area contributed by atoms with E-state index in [9.17, 15) is 8.78 Å². The van der Waals surface area contributed by atoms with E-state index in [1.807, 2.05) is 54.4 Å². The zero-order chi connectivity index (χ0) is 29.3. The number of nitrogens with one attached hydrogen (secondary N) is 2. The Morgan fingerprint density at radius 1 is 1.12 bits per heavy atom. The summed E-state index contributed by atoms with van der Waals surface area (Å²) in [6.45, 7) is 16.3. The number of anilines is 1. The largest absolute Gasteiger partial charge is 0.388 e. The van der Waals surface area contributed by atoms with Crippen molar-refractivity contribution in [1.29, 1.82) is 0 Å². The van der Waals surface area contributed by atoms with Crippen LogP contribution in [0.15, 0.2) is 85.4 Å². The summed E-state index contributed by atoms with van der Waals surface area (Å²) >= 11 is 0. The molecule has 1 atom stereocenters. The summed E-state index contributed by atoms with van der Waals surface area (Å²) in [7, 11) is 1.84. The van der Waals surface area contributed by atoms with Crippen molar-refractivity contribution in [3.63, 3.8) is 0 Å². The third-order valence-electron chi connectivity index (χ3n) is 7.35. The second-order valence-electron chi connectivity index (χ2n) is 11.0.